The van der Waals surface area contributed by atoms with E-state index >= 15 is 0 Å². The van der Waals surface area contributed by atoms with Crippen molar-refractivity contribution in [2.24, 2.45) is 16.6 Å². The average molecular weight is 527 g/mol. The number of carbonyl (C=O) groups is 2. The average Bonchev–Trinajstić information content (AvgIpc) is 3.63. The first-order valence-electron chi connectivity index (χ1n) is 11.5. The largest absolute Gasteiger partial charge is 0.433 e. The van der Waals surface area contributed by atoms with Crippen LogP contribution in [0.4, 0.5) is 29.5 Å². The fourth-order valence-corrected chi connectivity index (χ4v) is 3.72. The maximum Gasteiger partial charge on any atom is 0.433 e. The summed E-state index contributed by atoms with van der Waals surface area (Å²) in [6.07, 6.45) is 0.213. The van der Waals surface area contributed by atoms with Crippen LogP contribution in [0.25, 0.3) is 11.1 Å². The SMILES string of the molecule is C=CN=C(N)c1c(-c2ccc(NC(=O)Nc3cccc(C(F)(F)F)n3)cc2)c(C(=O)NCC2CC2)cn1N. The molecule has 0 saturated heterocycles. The molecule has 0 radical (unpaired) electrons. The second-order valence-corrected chi connectivity index (χ2v) is 8.59. The number of pyridine rings is 1. The number of rotatable bonds is 8. The Morgan fingerprint density at radius 3 is 2.50 bits per heavy atom. The summed E-state index contributed by atoms with van der Waals surface area (Å²) in [5.74, 6) is 6.06. The number of amidine groups is 1. The molecule has 10 nitrogen and oxygen atoms in total. The van der Waals surface area contributed by atoms with E-state index in [2.05, 4.69) is 32.5 Å². The van der Waals surface area contributed by atoms with Crippen LogP contribution < -0.4 is 27.5 Å². The molecule has 0 spiro atoms. The first-order valence-corrected chi connectivity index (χ1v) is 11.5. The second-order valence-electron chi connectivity index (χ2n) is 8.59. The lowest BCUT2D eigenvalue weighted by atomic mass is 10.00. The van der Waals surface area contributed by atoms with Gasteiger partial charge in [-0.05, 0) is 48.6 Å². The molecule has 38 heavy (non-hydrogen) atoms. The number of alkyl halides is 3. The van der Waals surface area contributed by atoms with Gasteiger partial charge >= 0.3 is 12.2 Å². The first-order chi connectivity index (χ1) is 18.1. The molecule has 0 unspecified atom stereocenters. The van der Waals surface area contributed by atoms with Crippen LogP contribution in [-0.2, 0) is 6.18 Å². The number of benzene rings is 1. The van der Waals surface area contributed by atoms with E-state index in [-0.39, 0.29) is 17.6 Å². The molecule has 4 rings (SSSR count). The topological polar surface area (TPSA) is 152 Å². The zero-order valence-corrected chi connectivity index (χ0v) is 20.0. The van der Waals surface area contributed by atoms with E-state index in [4.69, 9.17) is 11.6 Å². The molecule has 3 amide bonds. The summed E-state index contributed by atoms with van der Waals surface area (Å²) in [6.45, 7) is 4.09. The number of hydrogen-bond donors (Lipinski definition) is 5. The summed E-state index contributed by atoms with van der Waals surface area (Å²) < 4.78 is 39.8. The van der Waals surface area contributed by atoms with Gasteiger partial charge in [0.15, 0.2) is 0 Å². The third-order valence-electron chi connectivity index (χ3n) is 5.71. The van der Waals surface area contributed by atoms with Crippen molar-refractivity contribution in [2.75, 3.05) is 23.0 Å². The number of urea groups is 1. The van der Waals surface area contributed by atoms with E-state index < -0.39 is 17.9 Å². The van der Waals surface area contributed by atoms with E-state index in [1.54, 1.807) is 24.3 Å². The Kier molecular flexibility index (Phi) is 7.37. The van der Waals surface area contributed by atoms with Crippen molar-refractivity contribution in [3.63, 3.8) is 0 Å². The number of halogens is 3. The number of nitrogen functional groups attached to an aromatic ring is 1. The summed E-state index contributed by atoms with van der Waals surface area (Å²) >= 11 is 0. The van der Waals surface area contributed by atoms with Crippen molar-refractivity contribution in [1.82, 2.24) is 15.0 Å². The van der Waals surface area contributed by atoms with Crippen LogP contribution in [0.2, 0.25) is 0 Å². The number of nitrogens with zero attached hydrogens (tertiary/aromatic N) is 3. The van der Waals surface area contributed by atoms with Crippen LogP contribution >= 0.6 is 0 Å². The van der Waals surface area contributed by atoms with Crippen LogP contribution in [0, 0.1) is 5.92 Å². The lowest BCUT2D eigenvalue weighted by Crippen LogP contribution is -2.26. The predicted octanol–water partition coefficient (Wildman–Crippen LogP) is 3.92. The van der Waals surface area contributed by atoms with Gasteiger partial charge in [-0.15, -0.1) is 0 Å². The minimum absolute atomic E-state index is 0.0499. The molecule has 0 atom stereocenters. The zero-order chi connectivity index (χ0) is 27.4. The van der Waals surface area contributed by atoms with Crippen LogP contribution in [0.1, 0.15) is 34.6 Å². The molecule has 1 aromatic carbocycles. The second kappa shape index (κ2) is 10.7. The van der Waals surface area contributed by atoms with E-state index in [1.807, 2.05) is 0 Å². The number of amides is 3. The molecule has 2 aromatic heterocycles. The van der Waals surface area contributed by atoms with Crippen molar-refractivity contribution in [3.05, 3.63) is 78.4 Å². The molecule has 198 valence electrons. The third-order valence-corrected chi connectivity index (χ3v) is 5.71. The fourth-order valence-electron chi connectivity index (χ4n) is 3.72. The molecular weight excluding hydrogens is 501 g/mol. The van der Waals surface area contributed by atoms with Crippen molar-refractivity contribution >= 4 is 29.3 Å². The Balaban J connectivity index is 1.56. The summed E-state index contributed by atoms with van der Waals surface area (Å²) in [6, 6.07) is 8.77. The molecule has 1 saturated carbocycles. The quantitative estimate of drug-likeness (QED) is 0.171. The minimum Gasteiger partial charge on any atom is -0.382 e. The summed E-state index contributed by atoms with van der Waals surface area (Å²) in [5, 5.41) is 7.70. The van der Waals surface area contributed by atoms with Crippen molar-refractivity contribution < 1.29 is 22.8 Å². The standard InChI is InChI=1S/C25H25F3N8O2/c1-2-31-22(29)21-20(17(13-36(21)30)23(37)32-12-14-6-7-14)15-8-10-16(11-9-15)33-24(38)35-19-5-3-4-18(34-19)25(26,27)28/h2-5,8-11,13-14H,1,6-7,12,30H2,(H2,29,31)(H,32,37)(H2,33,34,35,38). The summed E-state index contributed by atoms with van der Waals surface area (Å²) in [5.41, 5.74) is 6.90. The van der Waals surface area contributed by atoms with Crippen LogP contribution in [-0.4, -0.2) is 34.0 Å². The van der Waals surface area contributed by atoms with Crippen molar-refractivity contribution in [2.45, 2.75) is 19.0 Å². The van der Waals surface area contributed by atoms with Gasteiger partial charge in [0.2, 0.25) is 0 Å². The van der Waals surface area contributed by atoms with Gasteiger partial charge < -0.3 is 22.2 Å². The highest BCUT2D eigenvalue weighted by Gasteiger charge is 2.32. The van der Waals surface area contributed by atoms with Gasteiger partial charge in [-0.1, -0.05) is 24.8 Å². The molecule has 2 heterocycles. The number of nitrogens with one attached hydrogen (secondary N) is 3. The van der Waals surface area contributed by atoms with Gasteiger partial charge in [-0.25, -0.2) is 14.8 Å². The summed E-state index contributed by atoms with van der Waals surface area (Å²) in [4.78, 5) is 32.7. The van der Waals surface area contributed by atoms with E-state index in [0.29, 0.717) is 40.5 Å². The smallest absolute Gasteiger partial charge is 0.382 e. The van der Waals surface area contributed by atoms with E-state index in [0.717, 1.165) is 25.0 Å². The highest BCUT2D eigenvalue weighted by atomic mass is 19.4. The molecule has 1 aliphatic rings. The van der Waals surface area contributed by atoms with Gasteiger partial charge in [0.25, 0.3) is 5.91 Å². The first kappa shape index (κ1) is 26.3. The molecule has 0 aliphatic heterocycles. The number of hydrogen-bond acceptors (Lipinski definition) is 5. The van der Waals surface area contributed by atoms with Gasteiger partial charge in [-0.3, -0.25) is 14.8 Å². The van der Waals surface area contributed by atoms with Crippen molar-refractivity contribution in [1.29, 1.82) is 0 Å². The Morgan fingerprint density at radius 1 is 1.16 bits per heavy atom. The monoisotopic (exact) mass is 526 g/mol. The Labute approximate surface area is 215 Å². The lowest BCUT2D eigenvalue weighted by molar-refractivity contribution is -0.141. The van der Waals surface area contributed by atoms with Crippen LogP contribution in [0.3, 0.4) is 0 Å². The third kappa shape index (κ3) is 6.11. The van der Waals surface area contributed by atoms with E-state index in [9.17, 15) is 22.8 Å². The van der Waals surface area contributed by atoms with Crippen LogP contribution in [0.5, 0.6) is 0 Å². The lowest BCUT2D eigenvalue weighted by Gasteiger charge is -2.12. The Morgan fingerprint density at radius 2 is 1.87 bits per heavy atom. The molecule has 7 N–H and O–H groups in total. The number of carbonyl (C=O) groups excluding carboxylic acids is 2. The molecule has 3 aromatic rings. The maximum atomic E-state index is 13.0. The molecule has 0 bridgehead atoms. The van der Waals surface area contributed by atoms with Gasteiger partial charge in [0.1, 0.15) is 23.0 Å². The number of anilines is 2. The normalized spacial score (nSPS) is 13.6. The molecule has 1 aliphatic carbocycles. The van der Waals surface area contributed by atoms with Crippen molar-refractivity contribution in [3.8, 4) is 11.1 Å². The molecular formula is C25H25F3N8O2. The molecule has 13 heteroatoms. The number of nitrogens with two attached hydrogens (primary N) is 2. The Bertz CT molecular complexity index is 1390. The van der Waals surface area contributed by atoms with Gasteiger partial charge in [-0.2, -0.15) is 13.2 Å². The fraction of sp³-hybridized carbons (Fsp3) is 0.200. The summed E-state index contributed by atoms with van der Waals surface area (Å²) in [7, 11) is 0. The predicted molar refractivity (Wildman–Crippen MR) is 138 cm³/mol. The number of aromatic nitrogens is 2. The maximum absolute atomic E-state index is 13.0. The zero-order valence-electron chi connectivity index (χ0n) is 20.0. The van der Waals surface area contributed by atoms with Gasteiger partial charge in [0.05, 0.1) is 5.56 Å². The highest BCUT2D eigenvalue weighted by molar-refractivity contribution is 6.10. The highest BCUT2D eigenvalue weighted by Crippen LogP contribution is 2.32. The van der Waals surface area contributed by atoms with E-state index in [1.165, 1.54) is 23.1 Å². The number of aliphatic imine (C=N–C) groups is 1. The Hall–Kier alpha value is -4.81. The van der Waals surface area contributed by atoms with Crippen LogP contribution in [0.15, 0.2) is 66.4 Å². The molecule has 1 fully saturated rings. The minimum atomic E-state index is -4.64. The van der Waals surface area contributed by atoms with Gasteiger partial charge in [0, 0.05) is 30.2 Å².